The maximum atomic E-state index is 13.2. The number of methoxy groups -OCH3 is 1. The third-order valence-electron chi connectivity index (χ3n) is 5.05. The molecule has 0 fully saturated rings. The number of rotatable bonds is 5. The van der Waals surface area contributed by atoms with Gasteiger partial charge in [-0.05, 0) is 53.9 Å². The maximum absolute atomic E-state index is 13.2. The number of hydrogen-bond acceptors (Lipinski definition) is 8. The molecule has 5 rings (SSSR count). The number of hydrogen-bond donors (Lipinski definition) is 1. The second-order valence-electron chi connectivity index (χ2n) is 6.87. The molecular weight excluding hydrogens is 418 g/mol. The summed E-state index contributed by atoms with van der Waals surface area (Å²) in [6.45, 7) is 0.656. The number of anilines is 1. The molecule has 2 aromatic carbocycles. The summed E-state index contributed by atoms with van der Waals surface area (Å²) in [6.07, 6.45) is 4.24. The van der Waals surface area contributed by atoms with Crippen LogP contribution in [0, 0.1) is 0 Å². The molecule has 4 aromatic rings. The van der Waals surface area contributed by atoms with Crippen LogP contribution in [-0.4, -0.2) is 38.3 Å². The van der Waals surface area contributed by atoms with E-state index in [0.29, 0.717) is 28.8 Å². The zero-order valence-electron chi connectivity index (χ0n) is 16.4. The fourth-order valence-electron chi connectivity index (χ4n) is 3.50. The first-order valence-corrected chi connectivity index (χ1v) is 10.6. The molecule has 31 heavy (non-hydrogen) atoms. The largest absolute Gasteiger partial charge is 0.588 e. The van der Waals surface area contributed by atoms with Crippen molar-refractivity contribution in [1.82, 2.24) is 20.1 Å². The Bertz CT molecular complexity index is 1270. The molecule has 0 aliphatic carbocycles. The van der Waals surface area contributed by atoms with Crippen LogP contribution in [0.25, 0.3) is 22.5 Å². The van der Waals surface area contributed by atoms with Crippen LogP contribution in [0.4, 0.5) is 5.69 Å². The van der Waals surface area contributed by atoms with Gasteiger partial charge in [0.25, 0.3) is 0 Å². The molecule has 156 valence electrons. The van der Waals surface area contributed by atoms with Crippen molar-refractivity contribution in [2.45, 2.75) is 11.3 Å². The van der Waals surface area contributed by atoms with E-state index in [-0.39, 0.29) is 0 Å². The molecule has 0 bridgehead atoms. The molecule has 0 saturated heterocycles. The normalized spacial score (nSPS) is 13.8. The third kappa shape index (κ3) is 3.66. The molecule has 1 N–H and O–H groups in total. The van der Waals surface area contributed by atoms with Crippen molar-refractivity contribution in [3.8, 4) is 28.5 Å². The average Bonchev–Trinajstić information content (AvgIpc) is 3.44. The predicted molar refractivity (Wildman–Crippen MR) is 114 cm³/mol. The summed E-state index contributed by atoms with van der Waals surface area (Å²) in [5, 5.41) is 3.67. The third-order valence-corrected chi connectivity index (χ3v) is 6.50. The van der Waals surface area contributed by atoms with Gasteiger partial charge in [-0.3, -0.25) is 9.51 Å². The van der Waals surface area contributed by atoms with E-state index < -0.39 is 17.1 Å². The van der Waals surface area contributed by atoms with Crippen LogP contribution in [0.2, 0.25) is 0 Å². The fraction of sp³-hybridized carbons (Fsp3) is 0.143. The molecule has 1 aliphatic heterocycles. The molecule has 1 unspecified atom stereocenters. The van der Waals surface area contributed by atoms with E-state index in [1.54, 1.807) is 36.7 Å². The first-order chi connectivity index (χ1) is 15.1. The quantitative estimate of drug-likeness (QED) is 0.475. The van der Waals surface area contributed by atoms with Crippen LogP contribution < -0.4 is 14.8 Å². The zero-order chi connectivity index (χ0) is 21.4. The number of nitrogens with zero attached hydrogens (tertiary/aromatic N) is 4. The number of aromatic amines is 1. The molecule has 10 heteroatoms. The van der Waals surface area contributed by atoms with Gasteiger partial charge in [0.2, 0.25) is 0 Å². The summed E-state index contributed by atoms with van der Waals surface area (Å²) in [5.41, 5.74) is 4.64. The Balaban J connectivity index is 1.37. The van der Waals surface area contributed by atoms with Gasteiger partial charge in [-0.15, -0.1) is 0 Å². The van der Waals surface area contributed by atoms with Gasteiger partial charge in [0.1, 0.15) is 11.4 Å². The van der Waals surface area contributed by atoms with E-state index in [0.717, 1.165) is 28.8 Å². The van der Waals surface area contributed by atoms with Crippen LogP contribution in [0.1, 0.15) is 5.56 Å². The summed E-state index contributed by atoms with van der Waals surface area (Å²) in [4.78, 5) is 22.6. The minimum Gasteiger partial charge on any atom is -0.588 e. The summed E-state index contributed by atoms with van der Waals surface area (Å²) in [7, 11) is 1.53. The Kier molecular flexibility index (Phi) is 4.92. The van der Waals surface area contributed by atoms with Crippen molar-refractivity contribution < 1.29 is 13.8 Å². The predicted octanol–water partition coefficient (Wildman–Crippen LogP) is 2.58. The van der Waals surface area contributed by atoms with Crippen LogP contribution in [0.3, 0.4) is 0 Å². The molecule has 0 spiro atoms. The average molecular weight is 435 g/mol. The summed E-state index contributed by atoms with van der Waals surface area (Å²) in [5.74, 6) is -0.277. The van der Waals surface area contributed by atoms with Crippen molar-refractivity contribution in [3.63, 3.8) is 0 Å². The molecule has 3 heterocycles. The molecule has 0 amide bonds. The topological polar surface area (TPSA) is 120 Å². The van der Waals surface area contributed by atoms with Crippen molar-refractivity contribution >= 4 is 17.0 Å². The minimum atomic E-state index is -1.36. The first-order valence-electron chi connectivity index (χ1n) is 9.47. The number of benzene rings is 2. The molecule has 0 saturated carbocycles. The molecule has 9 nitrogen and oxygen atoms in total. The monoisotopic (exact) mass is 435 g/mol. The van der Waals surface area contributed by atoms with Gasteiger partial charge in [-0.2, -0.15) is 4.31 Å². The van der Waals surface area contributed by atoms with Crippen molar-refractivity contribution in [2.24, 2.45) is 0 Å². The summed E-state index contributed by atoms with van der Waals surface area (Å²) < 4.78 is 24.6. The van der Waals surface area contributed by atoms with E-state index >= 15 is 0 Å². The van der Waals surface area contributed by atoms with Gasteiger partial charge in [-0.1, -0.05) is 11.2 Å². The highest BCUT2D eigenvalue weighted by Gasteiger charge is 2.30. The fourth-order valence-corrected chi connectivity index (χ4v) is 4.74. The van der Waals surface area contributed by atoms with Gasteiger partial charge in [0, 0.05) is 23.5 Å². The van der Waals surface area contributed by atoms with E-state index in [1.807, 2.05) is 16.4 Å². The second kappa shape index (κ2) is 7.89. The highest BCUT2D eigenvalue weighted by molar-refractivity contribution is 7.92. The number of H-pyrrole nitrogens is 1. The lowest BCUT2D eigenvalue weighted by Gasteiger charge is -2.22. The molecule has 0 radical (unpaired) electrons. The van der Waals surface area contributed by atoms with E-state index in [1.165, 1.54) is 7.11 Å². The Morgan fingerprint density at radius 3 is 2.52 bits per heavy atom. The van der Waals surface area contributed by atoms with E-state index in [9.17, 15) is 9.35 Å². The lowest BCUT2D eigenvalue weighted by Crippen LogP contribution is -2.29. The Hall–Kier alpha value is -3.63. The molecule has 1 aliphatic rings. The maximum Gasteiger partial charge on any atom is 0.439 e. The van der Waals surface area contributed by atoms with Gasteiger partial charge in [-0.25, -0.2) is 14.8 Å². The summed E-state index contributed by atoms with van der Waals surface area (Å²) in [6, 6.07) is 13.4. The smallest absolute Gasteiger partial charge is 0.439 e. The molecular formula is C21H17N5O4S. The van der Waals surface area contributed by atoms with E-state index in [4.69, 9.17) is 4.74 Å². The molecule has 1 atom stereocenters. The van der Waals surface area contributed by atoms with Gasteiger partial charge < -0.3 is 9.29 Å². The van der Waals surface area contributed by atoms with Crippen molar-refractivity contribution in [3.05, 3.63) is 71.0 Å². The van der Waals surface area contributed by atoms with Crippen LogP contribution >= 0.6 is 0 Å². The second-order valence-corrected chi connectivity index (χ2v) is 8.28. The zero-order valence-corrected chi connectivity index (χ0v) is 17.3. The number of ether oxygens (including phenoxy) is 1. The highest BCUT2D eigenvalue weighted by atomic mass is 32.2. The molecule has 2 aromatic heterocycles. The Morgan fingerprint density at radius 2 is 1.84 bits per heavy atom. The Labute approximate surface area is 180 Å². The van der Waals surface area contributed by atoms with Crippen LogP contribution in [0.5, 0.6) is 6.01 Å². The van der Waals surface area contributed by atoms with Gasteiger partial charge in [0.15, 0.2) is 10.7 Å². The SMILES string of the molecule is COc1ncc(-c2ccc3c(c2)CCN3[S+]([O-])c2ccc(-c3noc(=O)[nH]3)cc2)cn1. The standard InChI is InChI=1S/C21H17N5O4S/c1-29-20-22-11-16(12-23-20)14-4-7-18-15(10-14)8-9-26(18)31(28)17-5-2-13(3-6-17)19-24-21(27)30-25-19/h2-7,10-12H,8-9H2,1H3,(H,24,25,27). The first kappa shape index (κ1) is 19.3. The highest BCUT2D eigenvalue weighted by Crippen LogP contribution is 2.36. The van der Waals surface area contributed by atoms with Crippen LogP contribution in [-0.2, 0) is 17.8 Å². The lowest BCUT2D eigenvalue weighted by atomic mass is 10.0. The minimum absolute atomic E-state index is 0.326. The van der Waals surface area contributed by atoms with E-state index in [2.05, 4.69) is 30.7 Å². The number of fused-ring (bicyclic) bond motifs is 1. The van der Waals surface area contributed by atoms with Crippen molar-refractivity contribution in [1.29, 1.82) is 0 Å². The van der Waals surface area contributed by atoms with Crippen molar-refractivity contribution in [2.75, 3.05) is 18.0 Å². The summed E-state index contributed by atoms with van der Waals surface area (Å²) >= 11 is -1.36. The van der Waals surface area contributed by atoms with Gasteiger partial charge >= 0.3 is 11.8 Å². The van der Waals surface area contributed by atoms with Crippen LogP contribution in [0.15, 0.2) is 69.1 Å². The lowest BCUT2D eigenvalue weighted by molar-refractivity contribution is 0.380. The number of aromatic nitrogens is 4. The number of nitrogens with one attached hydrogen (secondary N) is 1. The Morgan fingerprint density at radius 1 is 1.10 bits per heavy atom. The van der Waals surface area contributed by atoms with Gasteiger partial charge in [0.05, 0.1) is 19.3 Å².